The van der Waals surface area contributed by atoms with Gasteiger partial charge in [0.1, 0.15) is 22.3 Å². The predicted octanol–water partition coefficient (Wildman–Crippen LogP) is 0.511. The highest BCUT2D eigenvalue weighted by Gasteiger charge is 2.44. The van der Waals surface area contributed by atoms with Crippen molar-refractivity contribution in [3.63, 3.8) is 0 Å². The van der Waals surface area contributed by atoms with Crippen molar-refractivity contribution in [3.05, 3.63) is 29.3 Å². The Morgan fingerprint density at radius 3 is 2.29 bits per heavy atom. The van der Waals surface area contributed by atoms with E-state index in [-0.39, 0.29) is 13.0 Å². The summed E-state index contributed by atoms with van der Waals surface area (Å²) in [6.07, 6.45) is 0.0587. The van der Waals surface area contributed by atoms with Crippen molar-refractivity contribution in [1.29, 1.82) is 0 Å². The monoisotopic (exact) mass is 321 g/mol. The Hall–Kier alpha value is -2.07. The lowest BCUT2D eigenvalue weighted by Gasteiger charge is -2.36. The van der Waals surface area contributed by atoms with Crippen molar-refractivity contribution >= 4 is 22.0 Å². The lowest BCUT2D eigenvalue weighted by molar-refractivity contribution is -0.144. The third-order valence-electron chi connectivity index (χ3n) is 3.11. The molecule has 0 aliphatic carbocycles. The molecule has 0 aromatic heterocycles. The van der Waals surface area contributed by atoms with Crippen molar-refractivity contribution in [2.75, 3.05) is 6.54 Å². The molecular weight excluding hydrogens is 312 g/mol. The van der Waals surface area contributed by atoms with E-state index >= 15 is 0 Å². The molecule has 1 aromatic rings. The fourth-order valence-electron chi connectivity index (χ4n) is 1.95. The molecule has 2 rings (SSSR count). The topological polar surface area (TPSA) is 112 Å². The van der Waals surface area contributed by atoms with Gasteiger partial charge in [-0.1, -0.05) is 0 Å². The molecule has 2 N–H and O–H groups in total. The van der Waals surface area contributed by atoms with E-state index in [0.29, 0.717) is 16.4 Å². The summed E-state index contributed by atoms with van der Waals surface area (Å²) in [6, 6.07) is -0.258. The molecule has 1 aliphatic heterocycles. The van der Waals surface area contributed by atoms with Gasteiger partial charge in [0, 0.05) is 6.54 Å². The maximum absolute atomic E-state index is 14.0. The Bertz CT molecular complexity index is 732. The van der Waals surface area contributed by atoms with Crippen LogP contribution in [0.2, 0.25) is 0 Å². The van der Waals surface area contributed by atoms with Crippen LogP contribution in [0.4, 0.5) is 8.78 Å². The minimum atomic E-state index is -4.55. The summed E-state index contributed by atoms with van der Waals surface area (Å²) in [5, 5.41) is 17.5. The Morgan fingerprint density at radius 1 is 1.24 bits per heavy atom. The molecule has 0 bridgehead atoms. The molecule has 1 heterocycles. The van der Waals surface area contributed by atoms with Gasteiger partial charge >= 0.3 is 11.9 Å². The second kappa shape index (κ2) is 5.04. The lowest BCUT2D eigenvalue weighted by Crippen LogP contribution is -2.55. The predicted molar refractivity (Wildman–Crippen MR) is 63.2 cm³/mol. The number of hydrogen-bond acceptors (Lipinski definition) is 4. The van der Waals surface area contributed by atoms with E-state index in [2.05, 4.69) is 0 Å². The highest BCUT2D eigenvalue weighted by molar-refractivity contribution is 7.89. The first-order valence-corrected chi connectivity index (χ1v) is 7.08. The van der Waals surface area contributed by atoms with Crippen molar-refractivity contribution < 1.29 is 37.0 Å². The molecule has 1 atom stereocenters. The fraction of sp³-hybridized carbons (Fsp3) is 0.273. The lowest BCUT2D eigenvalue weighted by atomic mass is 10.1. The number of sulfonamides is 1. The smallest absolute Gasteiger partial charge is 0.341 e. The van der Waals surface area contributed by atoms with Crippen LogP contribution in [0.1, 0.15) is 16.8 Å². The quantitative estimate of drug-likeness (QED) is 0.835. The second-order valence-corrected chi connectivity index (χ2v) is 6.16. The van der Waals surface area contributed by atoms with Gasteiger partial charge in [0.15, 0.2) is 5.82 Å². The van der Waals surface area contributed by atoms with E-state index in [1.54, 1.807) is 0 Å². The second-order valence-electron chi connectivity index (χ2n) is 4.30. The van der Waals surface area contributed by atoms with Gasteiger partial charge in [-0.15, -0.1) is 0 Å². The first-order chi connectivity index (χ1) is 9.67. The van der Waals surface area contributed by atoms with Crippen LogP contribution in [-0.4, -0.2) is 47.5 Å². The van der Waals surface area contributed by atoms with Crippen molar-refractivity contribution in [2.24, 2.45) is 0 Å². The summed E-state index contributed by atoms with van der Waals surface area (Å²) >= 11 is 0. The van der Waals surface area contributed by atoms with E-state index in [1.165, 1.54) is 0 Å². The van der Waals surface area contributed by atoms with Crippen LogP contribution in [0.15, 0.2) is 17.0 Å². The Kier molecular flexibility index (Phi) is 3.68. The molecule has 21 heavy (non-hydrogen) atoms. The fourth-order valence-corrected chi connectivity index (χ4v) is 3.65. The van der Waals surface area contributed by atoms with Gasteiger partial charge < -0.3 is 10.2 Å². The zero-order valence-electron chi connectivity index (χ0n) is 10.3. The first kappa shape index (κ1) is 15.3. The molecule has 1 aromatic carbocycles. The number of benzene rings is 1. The van der Waals surface area contributed by atoms with Crippen LogP contribution in [0.5, 0.6) is 0 Å². The highest BCUT2D eigenvalue weighted by Crippen LogP contribution is 2.30. The molecule has 1 aliphatic rings. The zero-order chi connectivity index (χ0) is 15.9. The summed E-state index contributed by atoms with van der Waals surface area (Å²) < 4.78 is 52.0. The number of nitrogens with zero attached hydrogens (tertiary/aromatic N) is 1. The minimum Gasteiger partial charge on any atom is -0.480 e. The average Bonchev–Trinajstić information content (AvgIpc) is 2.24. The number of carboxylic acids is 2. The van der Waals surface area contributed by atoms with Crippen molar-refractivity contribution in [3.8, 4) is 0 Å². The molecule has 10 heteroatoms. The van der Waals surface area contributed by atoms with Gasteiger partial charge in [-0.25, -0.2) is 22.0 Å². The maximum atomic E-state index is 14.0. The van der Waals surface area contributed by atoms with Crippen molar-refractivity contribution in [1.82, 2.24) is 4.31 Å². The van der Waals surface area contributed by atoms with Crippen molar-refractivity contribution in [2.45, 2.75) is 17.4 Å². The summed E-state index contributed by atoms with van der Waals surface area (Å²) in [7, 11) is -4.55. The number of halogens is 2. The standard InChI is InChI=1S/C11H9F2NO6S/c12-5-1-2-7(9(13)8(5)11(17)18)21(19,20)14-4-3-6(14)10(15)16/h1-2,6H,3-4H2,(H,15,16)(H,17,18)/t6-/m0/s1. The molecule has 1 fully saturated rings. The average molecular weight is 321 g/mol. The van der Waals surface area contributed by atoms with Gasteiger partial charge in [-0.2, -0.15) is 4.31 Å². The summed E-state index contributed by atoms with van der Waals surface area (Å²) in [4.78, 5) is 20.5. The zero-order valence-corrected chi connectivity index (χ0v) is 11.1. The van der Waals surface area contributed by atoms with Crippen LogP contribution in [-0.2, 0) is 14.8 Å². The maximum Gasteiger partial charge on any atom is 0.341 e. The Labute approximate surface area is 117 Å². The number of hydrogen-bond donors (Lipinski definition) is 2. The normalized spacial score (nSPS) is 19.0. The number of carboxylic acid groups (broad SMARTS) is 2. The van der Waals surface area contributed by atoms with Crippen LogP contribution in [0.3, 0.4) is 0 Å². The largest absolute Gasteiger partial charge is 0.480 e. The van der Waals surface area contributed by atoms with Gasteiger partial charge in [-0.3, -0.25) is 4.79 Å². The molecule has 7 nitrogen and oxygen atoms in total. The third-order valence-corrected chi connectivity index (χ3v) is 5.04. The number of aromatic carboxylic acids is 1. The third kappa shape index (κ3) is 2.36. The molecule has 0 spiro atoms. The molecular formula is C11H9F2NO6S. The van der Waals surface area contributed by atoms with Gasteiger partial charge in [0.2, 0.25) is 10.0 Å². The Morgan fingerprint density at radius 2 is 1.86 bits per heavy atom. The highest BCUT2D eigenvalue weighted by atomic mass is 32.2. The van der Waals surface area contributed by atoms with E-state index in [4.69, 9.17) is 10.2 Å². The first-order valence-electron chi connectivity index (χ1n) is 5.64. The molecule has 1 saturated heterocycles. The Balaban J connectivity index is 2.54. The number of carbonyl (C=O) groups is 2. The van der Waals surface area contributed by atoms with Crippen LogP contribution < -0.4 is 0 Å². The summed E-state index contributed by atoms with van der Waals surface area (Å²) in [5.74, 6) is -6.53. The van der Waals surface area contributed by atoms with E-state index in [9.17, 15) is 26.8 Å². The number of rotatable bonds is 4. The van der Waals surface area contributed by atoms with Gasteiger partial charge in [0.05, 0.1) is 0 Å². The molecule has 114 valence electrons. The summed E-state index contributed by atoms with van der Waals surface area (Å²) in [6.45, 7) is -0.140. The SMILES string of the molecule is O=C(O)c1c(F)ccc(S(=O)(=O)N2CC[C@H]2C(=O)O)c1F. The van der Waals surface area contributed by atoms with Crippen LogP contribution >= 0.6 is 0 Å². The molecule has 0 radical (unpaired) electrons. The van der Waals surface area contributed by atoms with Crippen LogP contribution in [0.25, 0.3) is 0 Å². The van der Waals surface area contributed by atoms with E-state index in [1.807, 2.05) is 0 Å². The van der Waals surface area contributed by atoms with Gasteiger partial charge in [0.25, 0.3) is 0 Å². The summed E-state index contributed by atoms with van der Waals surface area (Å²) in [5.41, 5.74) is -1.40. The number of aliphatic carboxylic acids is 1. The molecule has 0 saturated carbocycles. The van der Waals surface area contributed by atoms with Gasteiger partial charge in [-0.05, 0) is 18.6 Å². The molecule has 0 amide bonds. The van der Waals surface area contributed by atoms with E-state index < -0.39 is 50.1 Å². The van der Waals surface area contributed by atoms with E-state index in [0.717, 1.165) is 0 Å². The molecule has 0 unspecified atom stereocenters. The van der Waals surface area contributed by atoms with Crippen LogP contribution in [0, 0.1) is 11.6 Å². The minimum absolute atomic E-state index is 0.0587.